The molecule has 1 aliphatic heterocycles. The number of hydrogen-bond donors (Lipinski definition) is 1. The largest absolute Gasteiger partial charge is 0.310 e. The molecule has 1 aromatic heterocycles. The van der Waals surface area contributed by atoms with Crippen LogP contribution in [-0.2, 0) is 6.54 Å². The van der Waals surface area contributed by atoms with Gasteiger partial charge in [-0.1, -0.05) is 6.92 Å². The molecule has 2 atom stereocenters. The van der Waals surface area contributed by atoms with Gasteiger partial charge in [-0.2, -0.15) is 5.10 Å². The minimum absolute atomic E-state index is 0.404. The van der Waals surface area contributed by atoms with E-state index in [1.54, 1.807) is 0 Å². The van der Waals surface area contributed by atoms with E-state index in [1.807, 2.05) is 10.9 Å². The van der Waals surface area contributed by atoms with Crippen LogP contribution in [-0.4, -0.2) is 40.9 Å². The second-order valence-corrected chi connectivity index (χ2v) is 5.31. The maximum absolute atomic E-state index is 4.33. The van der Waals surface area contributed by atoms with Crippen molar-refractivity contribution >= 4 is 0 Å². The van der Waals surface area contributed by atoms with Gasteiger partial charge in [-0.25, -0.2) is 0 Å². The number of aryl methyl sites for hydroxylation is 1. The molecular formula is C14H26N4. The van der Waals surface area contributed by atoms with E-state index < -0.39 is 0 Å². The first kappa shape index (κ1) is 13.6. The topological polar surface area (TPSA) is 33.1 Å². The third-order valence-corrected chi connectivity index (χ3v) is 4.01. The lowest BCUT2D eigenvalue weighted by atomic mass is 10.1. The van der Waals surface area contributed by atoms with Crippen LogP contribution >= 0.6 is 0 Å². The van der Waals surface area contributed by atoms with Gasteiger partial charge in [0.15, 0.2) is 0 Å². The zero-order valence-electron chi connectivity index (χ0n) is 11.9. The lowest BCUT2D eigenvalue weighted by Gasteiger charge is -2.17. The van der Waals surface area contributed by atoms with Gasteiger partial charge in [0.2, 0.25) is 0 Å². The second-order valence-electron chi connectivity index (χ2n) is 5.31. The van der Waals surface area contributed by atoms with Crippen molar-refractivity contribution in [3.05, 3.63) is 18.0 Å². The summed E-state index contributed by atoms with van der Waals surface area (Å²) in [6, 6.07) is 0.404. The minimum Gasteiger partial charge on any atom is -0.310 e. The smallest absolute Gasteiger partial charge is 0.0537 e. The van der Waals surface area contributed by atoms with Crippen molar-refractivity contribution in [1.82, 2.24) is 20.0 Å². The van der Waals surface area contributed by atoms with Gasteiger partial charge >= 0.3 is 0 Å². The monoisotopic (exact) mass is 250 g/mol. The molecule has 2 rings (SSSR count). The highest BCUT2D eigenvalue weighted by Crippen LogP contribution is 2.17. The third-order valence-electron chi connectivity index (χ3n) is 4.01. The molecule has 0 aliphatic carbocycles. The fraction of sp³-hybridized carbons (Fsp3) is 0.786. The van der Waals surface area contributed by atoms with E-state index in [0.717, 1.165) is 19.0 Å². The van der Waals surface area contributed by atoms with E-state index in [9.17, 15) is 0 Å². The first-order valence-electron chi connectivity index (χ1n) is 7.21. The fourth-order valence-corrected chi connectivity index (χ4v) is 2.60. The Morgan fingerprint density at radius 3 is 2.89 bits per heavy atom. The summed E-state index contributed by atoms with van der Waals surface area (Å²) in [6.07, 6.45) is 5.46. The molecule has 0 aromatic carbocycles. The minimum atomic E-state index is 0.404. The molecular weight excluding hydrogens is 224 g/mol. The van der Waals surface area contributed by atoms with Crippen molar-refractivity contribution in [2.45, 2.75) is 39.8 Å². The fourth-order valence-electron chi connectivity index (χ4n) is 2.60. The second kappa shape index (κ2) is 6.34. The summed E-state index contributed by atoms with van der Waals surface area (Å²) in [5, 5.41) is 7.97. The summed E-state index contributed by atoms with van der Waals surface area (Å²) < 4.78 is 1.99. The van der Waals surface area contributed by atoms with Crippen molar-refractivity contribution in [2.24, 2.45) is 5.92 Å². The van der Waals surface area contributed by atoms with Crippen molar-refractivity contribution in [2.75, 3.05) is 26.2 Å². The highest BCUT2D eigenvalue weighted by molar-refractivity contribution is 5.09. The van der Waals surface area contributed by atoms with Crippen LogP contribution in [0.25, 0.3) is 0 Å². The average molecular weight is 250 g/mol. The molecule has 0 amide bonds. The molecule has 1 aromatic rings. The van der Waals surface area contributed by atoms with Gasteiger partial charge in [0.25, 0.3) is 0 Å². The SMILES string of the molecule is CCN1CCC(CNC(C)c2cnn(CC)c2)C1. The molecule has 2 unspecified atom stereocenters. The molecule has 1 N–H and O–H groups in total. The Bertz CT molecular complexity index is 360. The zero-order chi connectivity index (χ0) is 13.0. The molecule has 0 bridgehead atoms. The predicted molar refractivity (Wildman–Crippen MR) is 74.5 cm³/mol. The molecule has 2 heterocycles. The number of hydrogen-bond acceptors (Lipinski definition) is 3. The lowest BCUT2D eigenvalue weighted by Crippen LogP contribution is -2.28. The number of nitrogens with one attached hydrogen (secondary N) is 1. The van der Waals surface area contributed by atoms with Gasteiger partial charge < -0.3 is 10.2 Å². The molecule has 0 radical (unpaired) electrons. The summed E-state index contributed by atoms with van der Waals surface area (Å²) in [7, 11) is 0. The number of rotatable bonds is 6. The Labute approximate surface area is 110 Å². The van der Waals surface area contributed by atoms with E-state index in [2.05, 4.69) is 42.3 Å². The Morgan fingerprint density at radius 1 is 1.44 bits per heavy atom. The Kier molecular flexibility index (Phi) is 4.78. The average Bonchev–Trinajstić information content (AvgIpc) is 3.04. The molecule has 18 heavy (non-hydrogen) atoms. The summed E-state index contributed by atoms with van der Waals surface area (Å²) in [4.78, 5) is 2.53. The standard InChI is InChI=1S/C14H26N4/c1-4-17-7-6-13(10-17)8-15-12(3)14-9-16-18(5-2)11-14/h9,11-13,15H,4-8,10H2,1-3H3. The van der Waals surface area contributed by atoms with Crippen molar-refractivity contribution in [1.29, 1.82) is 0 Å². The van der Waals surface area contributed by atoms with E-state index in [1.165, 1.54) is 31.6 Å². The summed E-state index contributed by atoms with van der Waals surface area (Å²) >= 11 is 0. The highest BCUT2D eigenvalue weighted by Gasteiger charge is 2.21. The van der Waals surface area contributed by atoms with Gasteiger partial charge in [0.1, 0.15) is 0 Å². The zero-order valence-corrected chi connectivity index (χ0v) is 11.9. The van der Waals surface area contributed by atoms with Gasteiger partial charge in [0, 0.05) is 30.9 Å². The maximum Gasteiger partial charge on any atom is 0.0537 e. The molecule has 1 saturated heterocycles. The Hall–Kier alpha value is -0.870. The number of nitrogens with zero attached hydrogens (tertiary/aromatic N) is 3. The Morgan fingerprint density at radius 2 is 2.28 bits per heavy atom. The van der Waals surface area contributed by atoms with Crippen LogP contribution in [0, 0.1) is 5.92 Å². The highest BCUT2D eigenvalue weighted by atomic mass is 15.3. The van der Waals surface area contributed by atoms with Crippen LogP contribution in [0.2, 0.25) is 0 Å². The van der Waals surface area contributed by atoms with Gasteiger partial charge in [-0.05, 0) is 45.8 Å². The van der Waals surface area contributed by atoms with Crippen molar-refractivity contribution < 1.29 is 0 Å². The van der Waals surface area contributed by atoms with Crippen LogP contribution in [0.5, 0.6) is 0 Å². The van der Waals surface area contributed by atoms with Gasteiger partial charge in [-0.3, -0.25) is 4.68 Å². The van der Waals surface area contributed by atoms with Crippen molar-refractivity contribution in [3.8, 4) is 0 Å². The van der Waals surface area contributed by atoms with E-state index in [4.69, 9.17) is 0 Å². The normalized spacial score (nSPS) is 22.5. The van der Waals surface area contributed by atoms with E-state index >= 15 is 0 Å². The molecule has 102 valence electrons. The molecule has 0 spiro atoms. The molecule has 4 heteroatoms. The van der Waals surface area contributed by atoms with E-state index in [0.29, 0.717) is 6.04 Å². The van der Waals surface area contributed by atoms with Gasteiger partial charge in [0.05, 0.1) is 6.20 Å². The van der Waals surface area contributed by atoms with Crippen molar-refractivity contribution in [3.63, 3.8) is 0 Å². The summed E-state index contributed by atoms with van der Waals surface area (Å²) in [5.74, 6) is 0.814. The molecule has 4 nitrogen and oxygen atoms in total. The first-order valence-corrected chi connectivity index (χ1v) is 7.21. The number of aromatic nitrogens is 2. The maximum atomic E-state index is 4.33. The van der Waals surface area contributed by atoms with Crippen LogP contribution in [0.3, 0.4) is 0 Å². The van der Waals surface area contributed by atoms with Crippen LogP contribution < -0.4 is 5.32 Å². The van der Waals surface area contributed by atoms with Crippen LogP contribution in [0.4, 0.5) is 0 Å². The molecule has 1 aliphatic rings. The number of likely N-dealkylation sites (tertiary alicyclic amines) is 1. The summed E-state index contributed by atoms with van der Waals surface area (Å²) in [5.41, 5.74) is 1.29. The molecule has 0 saturated carbocycles. The lowest BCUT2D eigenvalue weighted by molar-refractivity contribution is 0.336. The summed E-state index contributed by atoms with van der Waals surface area (Å²) in [6.45, 7) is 12.4. The first-order chi connectivity index (χ1) is 8.72. The van der Waals surface area contributed by atoms with Gasteiger partial charge in [-0.15, -0.1) is 0 Å². The van der Waals surface area contributed by atoms with E-state index in [-0.39, 0.29) is 0 Å². The third kappa shape index (κ3) is 3.33. The quantitative estimate of drug-likeness (QED) is 0.837. The van der Waals surface area contributed by atoms with Crippen LogP contribution in [0.1, 0.15) is 38.8 Å². The Balaban J connectivity index is 1.76. The molecule has 1 fully saturated rings. The van der Waals surface area contributed by atoms with Crippen LogP contribution in [0.15, 0.2) is 12.4 Å². The predicted octanol–water partition coefficient (Wildman–Crippen LogP) is 1.90.